The van der Waals surface area contributed by atoms with Crippen molar-refractivity contribution in [2.24, 2.45) is 5.73 Å². The van der Waals surface area contributed by atoms with Gasteiger partial charge in [0.05, 0.1) is 6.04 Å². The van der Waals surface area contributed by atoms with Gasteiger partial charge >= 0.3 is 0 Å². The van der Waals surface area contributed by atoms with Gasteiger partial charge in [0.25, 0.3) is 0 Å². The van der Waals surface area contributed by atoms with E-state index in [1.807, 2.05) is 30.0 Å². The Balaban J connectivity index is 2.32. The van der Waals surface area contributed by atoms with Crippen LogP contribution in [0, 0.1) is 0 Å². The number of nitrogens with zero attached hydrogens (tertiary/aromatic N) is 1. The SMILES string of the molecule is CC1CSCCN1C(CN)c1c(Cl)cccc1Cl. The second-order valence-corrected chi connectivity index (χ2v) is 6.51. The molecule has 0 bridgehead atoms. The maximum atomic E-state index is 6.30. The first-order valence-corrected chi connectivity index (χ1v) is 8.03. The van der Waals surface area contributed by atoms with Crippen LogP contribution in [0.4, 0.5) is 0 Å². The van der Waals surface area contributed by atoms with Crippen LogP contribution in [0.1, 0.15) is 18.5 Å². The maximum absolute atomic E-state index is 6.30. The number of hydrogen-bond donors (Lipinski definition) is 1. The largest absolute Gasteiger partial charge is 0.329 e. The van der Waals surface area contributed by atoms with Gasteiger partial charge in [-0.25, -0.2) is 0 Å². The molecular formula is C13H18Cl2N2S. The van der Waals surface area contributed by atoms with E-state index in [4.69, 9.17) is 28.9 Å². The molecule has 1 aromatic carbocycles. The zero-order chi connectivity index (χ0) is 13.1. The lowest BCUT2D eigenvalue weighted by Crippen LogP contribution is -2.45. The molecule has 0 amide bonds. The van der Waals surface area contributed by atoms with Gasteiger partial charge in [-0.1, -0.05) is 29.3 Å². The van der Waals surface area contributed by atoms with Crippen LogP contribution in [0.5, 0.6) is 0 Å². The summed E-state index contributed by atoms with van der Waals surface area (Å²) in [6.45, 7) is 3.81. The van der Waals surface area contributed by atoms with Gasteiger partial charge in [0.15, 0.2) is 0 Å². The highest BCUT2D eigenvalue weighted by atomic mass is 35.5. The monoisotopic (exact) mass is 304 g/mol. The fourth-order valence-electron chi connectivity index (χ4n) is 2.45. The number of hydrogen-bond acceptors (Lipinski definition) is 3. The third-order valence-corrected chi connectivity index (χ3v) is 5.22. The summed E-state index contributed by atoms with van der Waals surface area (Å²) in [6, 6.07) is 6.26. The molecule has 2 N–H and O–H groups in total. The Labute approximate surface area is 123 Å². The number of halogens is 2. The number of thioether (sulfide) groups is 1. The van der Waals surface area contributed by atoms with Crippen molar-refractivity contribution in [1.29, 1.82) is 0 Å². The highest BCUT2D eigenvalue weighted by Crippen LogP contribution is 2.35. The third-order valence-electron chi connectivity index (χ3n) is 3.38. The quantitative estimate of drug-likeness (QED) is 0.927. The molecule has 2 rings (SSSR count). The van der Waals surface area contributed by atoms with Gasteiger partial charge < -0.3 is 5.73 Å². The summed E-state index contributed by atoms with van der Waals surface area (Å²) in [5, 5.41) is 1.42. The van der Waals surface area contributed by atoms with E-state index in [2.05, 4.69) is 11.8 Å². The van der Waals surface area contributed by atoms with Crippen LogP contribution < -0.4 is 5.73 Å². The van der Waals surface area contributed by atoms with Crippen molar-refractivity contribution in [2.45, 2.75) is 19.0 Å². The van der Waals surface area contributed by atoms with E-state index in [0.717, 1.165) is 23.6 Å². The van der Waals surface area contributed by atoms with Crippen LogP contribution in [0.2, 0.25) is 10.0 Å². The number of rotatable bonds is 3. The van der Waals surface area contributed by atoms with Gasteiger partial charge in [0.1, 0.15) is 0 Å². The molecule has 1 fully saturated rings. The minimum atomic E-state index is 0.113. The summed E-state index contributed by atoms with van der Waals surface area (Å²) < 4.78 is 0. The van der Waals surface area contributed by atoms with Gasteiger partial charge in [-0.05, 0) is 19.1 Å². The van der Waals surface area contributed by atoms with Crippen molar-refractivity contribution >= 4 is 35.0 Å². The van der Waals surface area contributed by atoms with Crippen molar-refractivity contribution in [3.05, 3.63) is 33.8 Å². The van der Waals surface area contributed by atoms with E-state index >= 15 is 0 Å². The molecular weight excluding hydrogens is 287 g/mol. The van der Waals surface area contributed by atoms with E-state index < -0.39 is 0 Å². The fourth-order valence-corrected chi connectivity index (χ4v) is 4.14. The molecule has 0 spiro atoms. The first-order valence-electron chi connectivity index (χ1n) is 6.12. The average molecular weight is 305 g/mol. The summed E-state index contributed by atoms with van der Waals surface area (Å²) in [7, 11) is 0. The normalized spacial score (nSPS) is 23.0. The van der Waals surface area contributed by atoms with Crippen molar-refractivity contribution in [1.82, 2.24) is 4.90 Å². The van der Waals surface area contributed by atoms with Crippen LogP contribution in [0.25, 0.3) is 0 Å². The van der Waals surface area contributed by atoms with Crippen molar-refractivity contribution in [3.63, 3.8) is 0 Å². The second-order valence-electron chi connectivity index (χ2n) is 4.55. The highest BCUT2D eigenvalue weighted by Gasteiger charge is 2.29. The Morgan fingerprint density at radius 1 is 1.44 bits per heavy atom. The lowest BCUT2D eigenvalue weighted by atomic mass is 10.0. The lowest BCUT2D eigenvalue weighted by Gasteiger charge is -2.39. The molecule has 0 aliphatic carbocycles. The van der Waals surface area contributed by atoms with Gasteiger partial charge in [0, 0.05) is 46.2 Å². The highest BCUT2D eigenvalue weighted by molar-refractivity contribution is 7.99. The molecule has 2 nitrogen and oxygen atoms in total. The molecule has 100 valence electrons. The predicted molar refractivity (Wildman–Crippen MR) is 81.8 cm³/mol. The molecule has 2 atom stereocenters. The molecule has 0 radical (unpaired) electrons. The van der Waals surface area contributed by atoms with Crippen molar-refractivity contribution in [2.75, 3.05) is 24.6 Å². The standard InChI is InChI=1S/C13H18Cl2N2S/c1-9-8-18-6-5-17(9)12(7-16)13-10(14)3-2-4-11(13)15/h2-4,9,12H,5-8,16H2,1H3. The topological polar surface area (TPSA) is 29.3 Å². The van der Waals surface area contributed by atoms with Crippen molar-refractivity contribution in [3.8, 4) is 0 Å². The summed E-state index contributed by atoms with van der Waals surface area (Å²) in [4.78, 5) is 2.42. The van der Waals surface area contributed by atoms with Crippen molar-refractivity contribution < 1.29 is 0 Å². The minimum absolute atomic E-state index is 0.113. The summed E-state index contributed by atoms with van der Waals surface area (Å²) >= 11 is 14.6. The summed E-state index contributed by atoms with van der Waals surface area (Å²) in [5.41, 5.74) is 6.94. The Bertz CT molecular complexity index is 394. The van der Waals surface area contributed by atoms with Crippen LogP contribution in [-0.4, -0.2) is 35.5 Å². The van der Waals surface area contributed by atoms with Gasteiger partial charge in [-0.15, -0.1) is 0 Å². The molecule has 1 saturated heterocycles. The van der Waals surface area contributed by atoms with E-state index in [1.165, 1.54) is 0 Å². The van der Waals surface area contributed by atoms with Crippen LogP contribution >= 0.6 is 35.0 Å². The van der Waals surface area contributed by atoms with E-state index in [0.29, 0.717) is 22.6 Å². The Morgan fingerprint density at radius 2 is 2.11 bits per heavy atom. The van der Waals surface area contributed by atoms with Crippen LogP contribution in [0.15, 0.2) is 18.2 Å². The molecule has 5 heteroatoms. The van der Waals surface area contributed by atoms with Gasteiger partial charge in [-0.3, -0.25) is 4.90 Å². The van der Waals surface area contributed by atoms with E-state index in [1.54, 1.807) is 0 Å². The second kappa shape index (κ2) is 6.49. The molecule has 18 heavy (non-hydrogen) atoms. The third kappa shape index (κ3) is 2.97. The zero-order valence-electron chi connectivity index (χ0n) is 10.4. The average Bonchev–Trinajstić information content (AvgIpc) is 2.35. The molecule has 1 heterocycles. The Kier molecular flexibility index (Phi) is 5.22. The molecule has 1 aliphatic heterocycles. The molecule has 0 aromatic heterocycles. The molecule has 2 unspecified atom stereocenters. The molecule has 1 aromatic rings. The Hall–Kier alpha value is 0.0700. The molecule has 1 aliphatic rings. The number of nitrogens with two attached hydrogens (primary N) is 1. The fraction of sp³-hybridized carbons (Fsp3) is 0.538. The van der Waals surface area contributed by atoms with E-state index in [9.17, 15) is 0 Å². The zero-order valence-corrected chi connectivity index (χ0v) is 12.7. The van der Waals surface area contributed by atoms with Gasteiger partial charge in [-0.2, -0.15) is 11.8 Å². The number of benzene rings is 1. The smallest absolute Gasteiger partial charge is 0.0503 e. The first kappa shape index (κ1) is 14.5. The minimum Gasteiger partial charge on any atom is -0.329 e. The van der Waals surface area contributed by atoms with Gasteiger partial charge in [0.2, 0.25) is 0 Å². The molecule has 0 saturated carbocycles. The lowest BCUT2D eigenvalue weighted by molar-refractivity contribution is 0.166. The summed E-state index contributed by atoms with van der Waals surface area (Å²) in [6.07, 6.45) is 0. The van der Waals surface area contributed by atoms with E-state index in [-0.39, 0.29) is 6.04 Å². The summed E-state index contributed by atoms with van der Waals surface area (Å²) in [5.74, 6) is 2.28. The first-order chi connectivity index (χ1) is 8.65. The maximum Gasteiger partial charge on any atom is 0.0503 e. The Morgan fingerprint density at radius 3 is 2.67 bits per heavy atom. The van der Waals surface area contributed by atoms with Crippen LogP contribution in [-0.2, 0) is 0 Å². The van der Waals surface area contributed by atoms with Crippen LogP contribution in [0.3, 0.4) is 0 Å². The predicted octanol–water partition coefficient (Wildman–Crippen LogP) is 3.43.